The molecule has 0 bridgehead atoms. The lowest BCUT2D eigenvalue weighted by Crippen LogP contribution is -2.31. The molecule has 2 aromatic carbocycles. The van der Waals surface area contributed by atoms with Gasteiger partial charge in [0.25, 0.3) is 5.91 Å². The Morgan fingerprint density at radius 2 is 1.82 bits per heavy atom. The number of likely N-dealkylation sites (tertiary alicyclic amines) is 1. The highest BCUT2D eigenvalue weighted by Crippen LogP contribution is 2.40. The van der Waals surface area contributed by atoms with Crippen molar-refractivity contribution < 1.29 is 19.0 Å². The quantitative estimate of drug-likeness (QED) is 0.731. The molecule has 1 fully saturated rings. The fourth-order valence-electron chi connectivity index (χ4n) is 3.79. The van der Waals surface area contributed by atoms with Gasteiger partial charge >= 0.3 is 0 Å². The highest BCUT2D eigenvalue weighted by molar-refractivity contribution is 5.96. The average molecular weight is 381 g/mol. The van der Waals surface area contributed by atoms with E-state index in [1.807, 2.05) is 29.2 Å². The molecule has 2 heterocycles. The third-order valence-electron chi connectivity index (χ3n) is 5.15. The molecule has 28 heavy (non-hydrogen) atoms. The summed E-state index contributed by atoms with van der Waals surface area (Å²) in [5.74, 6) is 2.13. The SMILES string of the molecule is COc1cc(C(=O)N2CCCC2c2nc3ccccc3[nH]2)cc(OC)c1OC. The smallest absolute Gasteiger partial charge is 0.254 e. The Morgan fingerprint density at radius 1 is 1.11 bits per heavy atom. The molecule has 7 heteroatoms. The van der Waals surface area contributed by atoms with Crippen molar-refractivity contribution in [3.63, 3.8) is 0 Å². The molecule has 0 radical (unpaired) electrons. The molecule has 1 atom stereocenters. The van der Waals surface area contributed by atoms with Crippen molar-refractivity contribution in [3.8, 4) is 17.2 Å². The summed E-state index contributed by atoms with van der Waals surface area (Å²) < 4.78 is 16.1. The van der Waals surface area contributed by atoms with E-state index in [1.54, 1.807) is 33.5 Å². The van der Waals surface area contributed by atoms with Crippen molar-refractivity contribution in [2.75, 3.05) is 27.9 Å². The first-order chi connectivity index (χ1) is 13.7. The minimum Gasteiger partial charge on any atom is -0.493 e. The van der Waals surface area contributed by atoms with Gasteiger partial charge in [0.05, 0.1) is 38.4 Å². The monoisotopic (exact) mass is 381 g/mol. The Labute approximate surface area is 163 Å². The van der Waals surface area contributed by atoms with E-state index in [-0.39, 0.29) is 11.9 Å². The second-order valence-electron chi connectivity index (χ2n) is 6.71. The lowest BCUT2D eigenvalue weighted by atomic mass is 10.1. The van der Waals surface area contributed by atoms with E-state index in [0.717, 1.165) is 29.7 Å². The number of carbonyl (C=O) groups excluding carboxylic acids is 1. The van der Waals surface area contributed by atoms with Crippen molar-refractivity contribution in [1.29, 1.82) is 0 Å². The minimum atomic E-state index is -0.0843. The summed E-state index contributed by atoms with van der Waals surface area (Å²) in [6, 6.07) is 11.2. The van der Waals surface area contributed by atoms with Gasteiger partial charge in [0, 0.05) is 12.1 Å². The lowest BCUT2D eigenvalue weighted by molar-refractivity contribution is 0.0729. The number of methoxy groups -OCH3 is 3. The molecule has 3 aromatic rings. The van der Waals surface area contributed by atoms with Gasteiger partial charge in [-0.1, -0.05) is 12.1 Å². The van der Waals surface area contributed by atoms with E-state index in [0.29, 0.717) is 29.4 Å². The summed E-state index contributed by atoms with van der Waals surface area (Å²) in [5.41, 5.74) is 2.38. The zero-order chi connectivity index (χ0) is 19.7. The lowest BCUT2D eigenvalue weighted by Gasteiger charge is -2.24. The molecule has 0 aliphatic carbocycles. The van der Waals surface area contributed by atoms with Gasteiger partial charge in [-0.2, -0.15) is 0 Å². The highest BCUT2D eigenvalue weighted by atomic mass is 16.5. The fourth-order valence-corrected chi connectivity index (χ4v) is 3.79. The van der Waals surface area contributed by atoms with Gasteiger partial charge in [-0.3, -0.25) is 4.79 Å². The molecule has 0 saturated carbocycles. The second kappa shape index (κ2) is 7.42. The molecule has 1 saturated heterocycles. The molecule has 146 valence electrons. The van der Waals surface area contributed by atoms with E-state index < -0.39 is 0 Å². The molecule has 1 aliphatic rings. The molecule has 7 nitrogen and oxygen atoms in total. The summed E-state index contributed by atoms with van der Waals surface area (Å²) in [5, 5.41) is 0. The van der Waals surface area contributed by atoms with E-state index in [9.17, 15) is 4.79 Å². The van der Waals surface area contributed by atoms with Crippen LogP contribution >= 0.6 is 0 Å². The van der Waals surface area contributed by atoms with Gasteiger partial charge < -0.3 is 24.1 Å². The Hall–Kier alpha value is -3.22. The molecule has 1 N–H and O–H groups in total. The Balaban J connectivity index is 1.68. The first-order valence-electron chi connectivity index (χ1n) is 9.22. The van der Waals surface area contributed by atoms with Crippen LogP contribution < -0.4 is 14.2 Å². The number of carbonyl (C=O) groups is 1. The van der Waals surface area contributed by atoms with Gasteiger partial charge in [0.15, 0.2) is 11.5 Å². The Morgan fingerprint density at radius 3 is 2.46 bits per heavy atom. The van der Waals surface area contributed by atoms with Crippen molar-refractivity contribution in [1.82, 2.24) is 14.9 Å². The van der Waals surface area contributed by atoms with E-state index in [2.05, 4.69) is 4.98 Å². The number of amides is 1. The number of hydrogen-bond acceptors (Lipinski definition) is 5. The molecule has 1 aliphatic heterocycles. The standard InChI is InChI=1S/C21H23N3O4/c1-26-17-11-13(12-18(27-2)19(17)28-3)21(25)24-10-6-9-16(24)20-22-14-7-4-5-8-15(14)23-20/h4-5,7-8,11-12,16H,6,9-10H2,1-3H3,(H,22,23). The van der Waals surface area contributed by atoms with Crippen LogP contribution in [0.25, 0.3) is 11.0 Å². The van der Waals surface area contributed by atoms with Gasteiger partial charge in [-0.15, -0.1) is 0 Å². The van der Waals surface area contributed by atoms with Crippen LogP contribution in [0.2, 0.25) is 0 Å². The minimum absolute atomic E-state index is 0.0813. The summed E-state index contributed by atoms with van der Waals surface area (Å²) >= 11 is 0. The molecule has 1 amide bonds. The van der Waals surface area contributed by atoms with E-state index in [4.69, 9.17) is 19.2 Å². The van der Waals surface area contributed by atoms with Gasteiger partial charge in [-0.05, 0) is 37.1 Å². The van der Waals surface area contributed by atoms with Crippen LogP contribution in [0.5, 0.6) is 17.2 Å². The van der Waals surface area contributed by atoms with E-state index >= 15 is 0 Å². The van der Waals surface area contributed by atoms with Crippen molar-refractivity contribution in [3.05, 3.63) is 47.8 Å². The third-order valence-corrected chi connectivity index (χ3v) is 5.15. The highest BCUT2D eigenvalue weighted by Gasteiger charge is 2.33. The third kappa shape index (κ3) is 3.02. The van der Waals surface area contributed by atoms with Gasteiger partial charge in [-0.25, -0.2) is 4.98 Å². The largest absolute Gasteiger partial charge is 0.493 e. The molecule has 4 rings (SSSR count). The van der Waals surface area contributed by atoms with Crippen LogP contribution in [0.1, 0.15) is 35.1 Å². The Kier molecular flexibility index (Phi) is 4.81. The van der Waals surface area contributed by atoms with Crippen molar-refractivity contribution in [2.24, 2.45) is 0 Å². The summed E-state index contributed by atoms with van der Waals surface area (Å²) in [6.07, 6.45) is 1.80. The normalized spacial score (nSPS) is 16.4. The number of aromatic nitrogens is 2. The topological polar surface area (TPSA) is 76.7 Å². The maximum absolute atomic E-state index is 13.3. The number of hydrogen-bond donors (Lipinski definition) is 1. The van der Waals surface area contributed by atoms with Crippen LogP contribution in [-0.4, -0.2) is 48.6 Å². The molecule has 0 spiro atoms. The van der Waals surface area contributed by atoms with Crippen molar-refractivity contribution >= 4 is 16.9 Å². The van der Waals surface area contributed by atoms with Gasteiger partial charge in [0.1, 0.15) is 5.82 Å². The van der Waals surface area contributed by atoms with Crippen molar-refractivity contribution in [2.45, 2.75) is 18.9 Å². The molecular formula is C21H23N3O4. The second-order valence-corrected chi connectivity index (χ2v) is 6.71. The summed E-state index contributed by atoms with van der Waals surface area (Å²) in [7, 11) is 4.62. The number of imidazole rings is 1. The number of H-pyrrole nitrogens is 1. The number of nitrogens with one attached hydrogen (secondary N) is 1. The number of fused-ring (bicyclic) bond motifs is 1. The molecule has 1 unspecified atom stereocenters. The van der Waals surface area contributed by atoms with Crippen LogP contribution in [0, 0.1) is 0 Å². The predicted molar refractivity (Wildman–Crippen MR) is 105 cm³/mol. The molecule has 1 aromatic heterocycles. The number of ether oxygens (including phenoxy) is 3. The fraction of sp³-hybridized carbons (Fsp3) is 0.333. The zero-order valence-electron chi connectivity index (χ0n) is 16.2. The van der Waals surface area contributed by atoms with Crippen LogP contribution in [0.15, 0.2) is 36.4 Å². The number of para-hydroxylation sites is 2. The zero-order valence-corrected chi connectivity index (χ0v) is 16.2. The Bertz CT molecular complexity index is 956. The van der Waals surface area contributed by atoms with Gasteiger partial charge in [0.2, 0.25) is 5.75 Å². The number of nitrogens with zero attached hydrogens (tertiary/aromatic N) is 2. The van der Waals surface area contributed by atoms with E-state index in [1.165, 1.54) is 0 Å². The first-order valence-corrected chi connectivity index (χ1v) is 9.22. The average Bonchev–Trinajstić information content (AvgIpc) is 3.38. The molecular weight excluding hydrogens is 358 g/mol. The van der Waals surface area contributed by atoms with Crippen LogP contribution in [-0.2, 0) is 0 Å². The number of rotatable bonds is 5. The van der Waals surface area contributed by atoms with Crippen LogP contribution in [0.3, 0.4) is 0 Å². The number of aromatic amines is 1. The first kappa shape index (κ1) is 18.2. The summed E-state index contributed by atoms with van der Waals surface area (Å²) in [6.45, 7) is 0.678. The summed E-state index contributed by atoms with van der Waals surface area (Å²) in [4.78, 5) is 23.2. The maximum atomic E-state index is 13.3. The number of benzene rings is 2. The predicted octanol–water partition coefficient (Wildman–Crippen LogP) is 3.57. The van der Waals surface area contributed by atoms with Crippen LogP contribution in [0.4, 0.5) is 0 Å². The maximum Gasteiger partial charge on any atom is 0.254 e.